The maximum absolute atomic E-state index is 11.9. The van der Waals surface area contributed by atoms with E-state index in [1.165, 1.54) is 25.7 Å². The van der Waals surface area contributed by atoms with Crippen LogP contribution in [-0.2, 0) is 9.53 Å². The van der Waals surface area contributed by atoms with E-state index in [2.05, 4.69) is 19.2 Å². The van der Waals surface area contributed by atoms with E-state index in [1.807, 2.05) is 0 Å². The lowest BCUT2D eigenvalue weighted by atomic mass is 9.82. The highest BCUT2D eigenvalue weighted by Gasteiger charge is 2.44. The van der Waals surface area contributed by atoms with Crippen molar-refractivity contribution in [3.05, 3.63) is 0 Å². The van der Waals surface area contributed by atoms with Crippen LogP contribution in [0.25, 0.3) is 0 Å². The molecule has 2 rings (SSSR count). The molecule has 1 heterocycles. The van der Waals surface area contributed by atoms with Gasteiger partial charge in [-0.2, -0.15) is 0 Å². The summed E-state index contributed by atoms with van der Waals surface area (Å²) in [6, 6.07) is 0.461. The normalized spacial score (nSPS) is 34.1. The van der Waals surface area contributed by atoms with E-state index in [9.17, 15) is 4.79 Å². The van der Waals surface area contributed by atoms with Crippen LogP contribution >= 0.6 is 0 Å². The van der Waals surface area contributed by atoms with Crippen LogP contribution in [-0.4, -0.2) is 30.2 Å². The van der Waals surface area contributed by atoms with Gasteiger partial charge in [-0.3, -0.25) is 4.79 Å². The molecule has 0 aromatic heterocycles. The number of amides is 1. The first-order valence-corrected chi connectivity index (χ1v) is 7.23. The van der Waals surface area contributed by atoms with Gasteiger partial charge in [0.25, 0.3) is 0 Å². The second-order valence-electron chi connectivity index (χ2n) is 6.18. The molecule has 2 aliphatic rings. The van der Waals surface area contributed by atoms with Crippen molar-refractivity contribution >= 4 is 5.91 Å². The Hall–Kier alpha value is -0.610. The molecule has 0 spiro atoms. The monoisotopic (exact) mass is 254 g/mol. The van der Waals surface area contributed by atoms with Gasteiger partial charge in [0.2, 0.25) is 5.91 Å². The average Bonchev–Trinajstić information content (AvgIpc) is 2.81. The summed E-state index contributed by atoms with van der Waals surface area (Å²) >= 11 is 0. The standard InChI is InChI=1S/C14H26N2O2/c1-10(2)12-9-14(13(15)17,7-8-18-12)16-11-5-3-4-6-11/h10-12,16H,3-9H2,1-2H3,(H2,15,17). The maximum atomic E-state index is 11.9. The lowest BCUT2D eigenvalue weighted by Gasteiger charge is -2.42. The van der Waals surface area contributed by atoms with Gasteiger partial charge in [-0.15, -0.1) is 0 Å². The fourth-order valence-corrected chi connectivity index (χ4v) is 3.20. The molecule has 0 bridgehead atoms. The molecule has 2 unspecified atom stereocenters. The van der Waals surface area contributed by atoms with E-state index >= 15 is 0 Å². The number of rotatable bonds is 4. The van der Waals surface area contributed by atoms with Gasteiger partial charge in [0.1, 0.15) is 5.54 Å². The smallest absolute Gasteiger partial charge is 0.237 e. The molecule has 18 heavy (non-hydrogen) atoms. The molecule has 4 nitrogen and oxygen atoms in total. The molecule has 1 aliphatic carbocycles. The van der Waals surface area contributed by atoms with Crippen LogP contribution in [0.15, 0.2) is 0 Å². The van der Waals surface area contributed by atoms with Crippen LogP contribution < -0.4 is 11.1 Å². The number of hydrogen-bond acceptors (Lipinski definition) is 3. The van der Waals surface area contributed by atoms with E-state index in [0.29, 0.717) is 25.0 Å². The summed E-state index contributed by atoms with van der Waals surface area (Å²) in [4.78, 5) is 11.9. The molecule has 1 saturated heterocycles. The van der Waals surface area contributed by atoms with Crippen molar-refractivity contribution in [3.8, 4) is 0 Å². The molecule has 3 N–H and O–H groups in total. The molecular weight excluding hydrogens is 228 g/mol. The van der Waals surface area contributed by atoms with Gasteiger partial charge in [-0.1, -0.05) is 26.7 Å². The van der Waals surface area contributed by atoms with Crippen molar-refractivity contribution in [1.29, 1.82) is 0 Å². The number of primary amides is 1. The van der Waals surface area contributed by atoms with Gasteiger partial charge >= 0.3 is 0 Å². The molecule has 2 fully saturated rings. The summed E-state index contributed by atoms with van der Waals surface area (Å²) in [6.07, 6.45) is 6.43. The molecule has 2 atom stereocenters. The fraction of sp³-hybridized carbons (Fsp3) is 0.929. The predicted molar refractivity (Wildman–Crippen MR) is 71.1 cm³/mol. The van der Waals surface area contributed by atoms with Crippen LogP contribution in [0.4, 0.5) is 0 Å². The quantitative estimate of drug-likeness (QED) is 0.800. The first-order valence-electron chi connectivity index (χ1n) is 7.23. The highest BCUT2D eigenvalue weighted by Crippen LogP contribution is 2.31. The summed E-state index contributed by atoms with van der Waals surface area (Å²) in [5, 5.41) is 3.56. The zero-order valence-corrected chi connectivity index (χ0v) is 11.6. The molecule has 0 aromatic rings. The van der Waals surface area contributed by atoms with E-state index in [4.69, 9.17) is 10.5 Å². The molecule has 0 radical (unpaired) electrons. The van der Waals surface area contributed by atoms with Gasteiger partial charge in [0, 0.05) is 19.1 Å². The minimum absolute atomic E-state index is 0.139. The third-order valence-corrected chi connectivity index (χ3v) is 4.46. The van der Waals surface area contributed by atoms with Crippen LogP contribution in [0.2, 0.25) is 0 Å². The minimum atomic E-state index is -0.539. The fourth-order valence-electron chi connectivity index (χ4n) is 3.20. The van der Waals surface area contributed by atoms with Crippen molar-refractivity contribution in [2.24, 2.45) is 11.7 Å². The first-order chi connectivity index (χ1) is 8.53. The lowest BCUT2D eigenvalue weighted by Crippen LogP contribution is -2.62. The van der Waals surface area contributed by atoms with Gasteiger partial charge in [-0.05, 0) is 25.2 Å². The molecular formula is C14H26N2O2. The second kappa shape index (κ2) is 5.57. The topological polar surface area (TPSA) is 64.3 Å². The van der Waals surface area contributed by atoms with Gasteiger partial charge in [0.15, 0.2) is 0 Å². The van der Waals surface area contributed by atoms with Crippen molar-refractivity contribution in [1.82, 2.24) is 5.32 Å². The largest absolute Gasteiger partial charge is 0.378 e. The van der Waals surface area contributed by atoms with Gasteiger partial charge in [0.05, 0.1) is 6.10 Å². The Bertz CT molecular complexity index is 296. The highest BCUT2D eigenvalue weighted by atomic mass is 16.5. The summed E-state index contributed by atoms with van der Waals surface area (Å²) in [5.74, 6) is 0.220. The Labute approximate surface area is 110 Å². The van der Waals surface area contributed by atoms with Crippen LogP contribution in [0.3, 0.4) is 0 Å². The Balaban J connectivity index is 2.07. The summed E-state index contributed by atoms with van der Waals surface area (Å²) < 4.78 is 5.76. The van der Waals surface area contributed by atoms with Gasteiger partial charge in [-0.25, -0.2) is 0 Å². The SMILES string of the molecule is CC(C)C1CC(NC2CCCC2)(C(N)=O)CCO1. The van der Waals surface area contributed by atoms with Crippen molar-refractivity contribution < 1.29 is 9.53 Å². The second-order valence-corrected chi connectivity index (χ2v) is 6.18. The van der Waals surface area contributed by atoms with Crippen LogP contribution in [0.1, 0.15) is 52.4 Å². The summed E-state index contributed by atoms with van der Waals surface area (Å²) in [7, 11) is 0. The average molecular weight is 254 g/mol. The van der Waals surface area contributed by atoms with E-state index in [0.717, 1.165) is 6.42 Å². The number of hydrogen-bond donors (Lipinski definition) is 2. The number of nitrogens with two attached hydrogens (primary N) is 1. The Morgan fingerprint density at radius 2 is 2.06 bits per heavy atom. The Morgan fingerprint density at radius 3 is 2.61 bits per heavy atom. The number of ether oxygens (including phenoxy) is 1. The van der Waals surface area contributed by atoms with Crippen molar-refractivity contribution in [2.45, 2.75) is 70.1 Å². The first kappa shape index (κ1) is 13.8. The number of nitrogens with one attached hydrogen (secondary N) is 1. The Morgan fingerprint density at radius 1 is 1.39 bits per heavy atom. The maximum Gasteiger partial charge on any atom is 0.237 e. The molecule has 0 aromatic carbocycles. The van der Waals surface area contributed by atoms with E-state index < -0.39 is 5.54 Å². The number of carbonyl (C=O) groups excluding carboxylic acids is 1. The number of carbonyl (C=O) groups is 1. The third-order valence-electron chi connectivity index (χ3n) is 4.46. The third kappa shape index (κ3) is 2.86. The molecule has 1 amide bonds. The van der Waals surface area contributed by atoms with Crippen molar-refractivity contribution in [3.63, 3.8) is 0 Å². The zero-order valence-electron chi connectivity index (χ0n) is 11.6. The molecule has 4 heteroatoms. The summed E-state index contributed by atoms with van der Waals surface area (Å²) in [5.41, 5.74) is 5.15. The molecule has 1 aliphatic heterocycles. The van der Waals surface area contributed by atoms with Gasteiger partial charge < -0.3 is 15.8 Å². The van der Waals surface area contributed by atoms with Crippen molar-refractivity contribution in [2.75, 3.05) is 6.61 Å². The Kier molecular flexibility index (Phi) is 4.28. The minimum Gasteiger partial charge on any atom is -0.378 e. The highest BCUT2D eigenvalue weighted by molar-refractivity contribution is 5.85. The zero-order chi connectivity index (χ0) is 13.2. The lowest BCUT2D eigenvalue weighted by molar-refractivity contribution is -0.133. The molecule has 104 valence electrons. The summed E-state index contributed by atoms with van der Waals surface area (Å²) in [6.45, 7) is 4.90. The molecule has 1 saturated carbocycles. The van der Waals surface area contributed by atoms with E-state index in [-0.39, 0.29) is 12.0 Å². The van der Waals surface area contributed by atoms with E-state index in [1.54, 1.807) is 0 Å². The predicted octanol–water partition coefficient (Wildman–Crippen LogP) is 1.58. The van der Waals surface area contributed by atoms with Crippen LogP contribution in [0, 0.1) is 5.92 Å². The van der Waals surface area contributed by atoms with Crippen LogP contribution in [0.5, 0.6) is 0 Å².